The van der Waals surface area contributed by atoms with Gasteiger partial charge in [0.2, 0.25) is 0 Å². The van der Waals surface area contributed by atoms with Crippen LogP contribution in [0, 0.1) is 13.8 Å². The van der Waals surface area contributed by atoms with Crippen molar-refractivity contribution in [2.75, 3.05) is 40.0 Å². The molecule has 0 saturated carbocycles. The van der Waals surface area contributed by atoms with Gasteiger partial charge in [0.1, 0.15) is 25.2 Å². The highest BCUT2D eigenvalue weighted by Gasteiger charge is 2.08. The Bertz CT molecular complexity index is 618. The fraction of sp³-hybridized carbons (Fsp3) is 0.625. The molecule has 164 valence electrons. The van der Waals surface area contributed by atoms with Gasteiger partial charge < -0.3 is 14.3 Å². The van der Waals surface area contributed by atoms with Gasteiger partial charge in [-0.2, -0.15) is 0 Å². The third-order valence-corrected chi connectivity index (χ3v) is 4.78. The molecule has 0 unspecified atom stereocenters. The van der Waals surface area contributed by atoms with Crippen LogP contribution in [0.1, 0.15) is 57.6 Å². The number of allylic oxidation sites excluding steroid dienone is 1. The SMILES string of the molecule is C/C=C/COc1cc(C)c(OCCCCCCN(CC)C/C(C)=N/OC)c(C)c1. The van der Waals surface area contributed by atoms with Gasteiger partial charge in [0.15, 0.2) is 0 Å². The van der Waals surface area contributed by atoms with Crippen LogP contribution in [0.25, 0.3) is 0 Å². The molecule has 1 rings (SSSR count). The lowest BCUT2D eigenvalue weighted by atomic mass is 10.1. The van der Waals surface area contributed by atoms with Gasteiger partial charge in [0, 0.05) is 6.54 Å². The van der Waals surface area contributed by atoms with E-state index < -0.39 is 0 Å². The molecule has 0 spiro atoms. The standard InChI is InChI=1S/C24H40N2O3/c1-7-9-15-28-23-17-20(3)24(21(4)18-23)29-16-13-11-10-12-14-26(8-2)19-22(5)25-27-6/h7,9,17-18H,8,10-16,19H2,1-6H3/b9-7+,25-22+. The summed E-state index contributed by atoms with van der Waals surface area (Å²) in [6, 6.07) is 4.11. The molecular weight excluding hydrogens is 364 g/mol. The Balaban J connectivity index is 2.28. The summed E-state index contributed by atoms with van der Waals surface area (Å²) in [5, 5.41) is 4.00. The highest BCUT2D eigenvalue weighted by atomic mass is 16.6. The molecule has 0 atom stereocenters. The summed E-state index contributed by atoms with van der Waals surface area (Å²) < 4.78 is 11.8. The van der Waals surface area contributed by atoms with Crippen molar-refractivity contribution >= 4 is 5.71 Å². The highest BCUT2D eigenvalue weighted by Crippen LogP contribution is 2.28. The normalized spacial score (nSPS) is 12.0. The van der Waals surface area contributed by atoms with E-state index >= 15 is 0 Å². The predicted molar refractivity (Wildman–Crippen MR) is 122 cm³/mol. The summed E-state index contributed by atoms with van der Waals surface area (Å²) in [6.07, 6.45) is 8.68. The van der Waals surface area contributed by atoms with Crippen LogP contribution in [0.5, 0.6) is 11.5 Å². The van der Waals surface area contributed by atoms with E-state index in [9.17, 15) is 0 Å². The van der Waals surface area contributed by atoms with Crippen LogP contribution >= 0.6 is 0 Å². The summed E-state index contributed by atoms with van der Waals surface area (Å²) in [4.78, 5) is 7.24. The molecule has 0 saturated heterocycles. The van der Waals surface area contributed by atoms with E-state index in [-0.39, 0.29) is 0 Å². The zero-order valence-electron chi connectivity index (χ0n) is 19.3. The van der Waals surface area contributed by atoms with Gasteiger partial charge in [-0.05, 0) is 76.9 Å². The number of nitrogens with zero attached hydrogens (tertiary/aromatic N) is 2. The van der Waals surface area contributed by atoms with Crippen molar-refractivity contribution < 1.29 is 14.3 Å². The molecule has 0 fully saturated rings. The summed E-state index contributed by atoms with van der Waals surface area (Å²) in [5.74, 6) is 1.89. The maximum Gasteiger partial charge on any atom is 0.125 e. The first-order chi connectivity index (χ1) is 14.0. The number of benzene rings is 1. The van der Waals surface area contributed by atoms with Crippen LogP contribution in [0.4, 0.5) is 0 Å². The van der Waals surface area contributed by atoms with Gasteiger partial charge in [-0.3, -0.25) is 4.90 Å². The second-order valence-corrected chi connectivity index (χ2v) is 7.41. The molecule has 0 amide bonds. The van der Waals surface area contributed by atoms with Crippen molar-refractivity contribution in [2.45, 2.75) is 60.3 Å². The lowest BCUT2D eigenvalue weighted by Crippen LogP contribution is -2.29. The first-order valence-corrected chi connectivity index (χ1v) is 10.8. The molecule has 1 aromatic rings. The molecule has 0 aliphatic heterocycles. The van der Waals surface area contributed by atoms with E-state index in [0.29, 0.717) is 6.61 Å². The summed E-state index contributed by atoms with van der Waals surface area (Å²) in [5.41, 5.74) is 3.28. The fourth-order valence-corrected chi connectivity index (χ4v) is 3.28. The monoisotopic (exact) mass is 404 g/mol. The minimum Gasteiger partial charge on any atom is -0.493 e. The Morgan fingerprint density at radius 3 is 2.38 bits per heavy atom. The molecule has 0 aliphatic carbocycles. The molecule has 0 N–H and O–H groups in total. The van der Waals surface area contributed by atoms with Gasteiger partial charge in [-0.25, -0.2) is 0 Å². The average Bonchev–Trinajstić information content (AvgIpc) is 2.68. The largest absolute Gasteiger partial charge is 0.493 e. The van der Waals surface area contributed by atoms with E-state index in [0.717, 1.165) is 61.0 Å². The molecule has 1 aromatic carbocycles. The van der Waals surface area contributed by atoms with Crippen LogP contribution in [0.2, 0.25) is 0 Å². The topological polar surface area (TPSA) is 43.3 Å². The van der Waals surface area contributed by atoms with Gasteiger partial charge >= 0.3 is 0 Å². The van der Waals surface area contributed by atoms with E-state index in [1.54, 1.807) is 7.11 Å². The van der Waals surface area contributed by atoms with Crippen LogP contribution in [0.3, 0.4) is 0 Å². The third-order valence-electron chi connectivity index (χ3n) is 4.78. The van der Waals surface area contributed by atoms with Crippen LogP contribution in [-0.2, 0) is 4.84 Å². The van der Waals surface area contributed by atoms with E-state index in [2.05, 4.69) is 43.0 Å². The maximum atomic E-state index is 6.07. The molecule has 29 heavy (non-hydrogen) atoms. The van der Waals surface area contributed by atoms with Crippen molar-refractivity contribution in [1.29, 1.82) is 0 Å². The Kier molecular flexibility index (Phi) is 12.9. The van der Waals surface area contributed by atoms with Gasteiger partial charge in [-0.15, -0.1) is 0 Å². The quantitative estimate of drug-likeness (QED) is 0.167. The van der Waals surface area contributed by atoms with Gasteiger partial charge in [0.25, 0.3) is 0 Å². The number of ether oxygens (including phenoxy) is 2. The number of hydrogen-bond donors (Lipinski definition) is 0. The minimum absolute atomic E-state index is 0.601. The maximum absolute atomic E-state index is 6.07. The molecule has 5 heteroatoms. The summed E-state index contributed by atoms with van der Waals surface area (Å²) in [6.45, 7) is 14.7. The van der Waals surface area contributed by atoms with Crippen molar-refractivity contribution in [2.24, 2.45) is 5.16 Å². The lowest BCUT2D eigenvalue weighted by molar-refractivity contribution is 0.209. The number of rotatable bonds is 15. The van der Waals surface area contributed by atoms with Crippen LogP contribution in [0.15, 0.2) is 29.4 Å². The summed E-state index contributed by atoms with van der Waals surface area (Å²) >= 11 is 0. The zero-order chi connectivity index (χ0) is 21.5. The Morgan fingerprint density at radius 1 is 1.07 bits per heavy atom. The second-order valence-electron chi connectivity index (χ2n) is 7.41. The Labute approximate surface area is 177 Å². The molecular formula is C24H40N2O3. The smallest absolute Gasteiger partial charge is 0.125 e. The predicted octanol–water partition coefficient (Wildman–Crippen LogP) is 5.54. The van der Waals surface area contributed by atoms with Crippen molar-refractivity contribution in [1.82, 2.24) is 4.90 Å². The van der Waals surface area contributed by atoms with Crippen LogP contribution < -0.4 is 9.47 Å². The average molecular weight is 405 g/mol. The van der Waals surface area contributed by atoms with E-state index in [1.807, 2.05) is 26.0 Å². The number of hydrogen-bond acceptors (Lipinski definition) is 5. The molecule has 5 nitrogen and oxygen atoms in total. The second kappa shape index (κ2) is 14.9. The molecule has 0 bridgehead atoms. The first-order valence-electron chi connectivity index (χ1n) is 10.8. The van der Waals surface area contributed by atoms with Gasteiger partial charge in [0.05, 0.1) is 12.3 Å². The van der Waals surface area contributed by atoms with Crippen molar-refractivity contribution in [3.05, 3.63) is 35.4 Å². The minimum atomic E-state index is 0.601. The van der Waals surface area contributed by atoms with Gasteiger partial charge in [-0.1, -0.05) is 37.1 Å². The number of unbranched alkanes of at least 4 members (excludes halogenated alkanes) is 3. The summed E-state index contributed by atoms with van der Waals surface area (Å²) in [7, 11) is 1.60. The first kappa shape index (κ1) is 25.0. The van der Waals surface area contributed by atoms with Crippen LogP contribution in [-0.4, -0.2) is 50.6 Å². The Morgan fingerprint density at radius 2 is 1.76 bits per heavy atom. The lowest BCUT2D eigenvalue weighted by Gasteiger charge is -2.19. The third kappa shape index (κ3) is 10.4. The molecule has 0 aliphatic rings. The molecule has 0 radical (unpaired) electrons. The van der Waals surface area contributed by atoms with Crippen molar-refractivity contribution in [3.8, 4) is 11.5 Å². The highest BCUT2D eigenvalue weighted by molar-refractivity contribution is 5.83. The Hall–Kier alpha value is -2.01. The molecule has 0 aromatic heterocycles. The van der Waals surface area contributed by atoms with Crippen molar-refractivity contribution in [3.63, 3.8) is 0 Å². The number of oxime groups is 1. The fourth-order valence-electron chi connectivity index (χ4n) is 3.28. The number of aryl methyl sites for hydroxylation is 2. The molecule has 0 heterocycles. The van der Waals surface area contributed by atoms with E-state index in [1.165, 1.54) is 19.3 Å². The van der Waals surface area contributed by atoms with E-state index in [4.69, 9.17) is 14.3 Å². The zero-order valence-corrected chi connectivity index (χ0v) is 19.3.